The summed E-state index contributed by atoms with van der Waals surface area (Å²) in [5, 5.41) is 0. The van der Waals surface area contributed by atoms with Crippen LogP contribution in [0.2, 0.25) is 0 Å². The fourth-order valence-corrected chi connectivity index (χ4v) is 2.34. The number of aromatic nitrogens is 2. The third-order valence-electron chi connectivity index (χ3n) is 3.24. The van der Waals surface area contributed by atoms with Crippen LogP contribution in [0.15, 0.2) is 60.7 Å². The standard InChI is InChI=1S/C17H16N2/c1-13-7-6-10-16(18-13)17-12-11-14(2)19(17)15-8-4-3-5-9-15/h3-12H,1-2H3. The van der Waals surface area contributed by atoms with Crippen LogP contribution in [0, 0.1) is 13.8 Å². The van der Waals surface area contributed by atoms with Crippen molar-refractivity contribution in [2.45, 2.75) is 13.8 Å². The van der Waals surface area contributed by atoms with Crippen LogP contribution in [0.3, 0.4) is 0 Å². The minimum atomic E-state index is 1.01. The number of benzene rings is 1. The van der Waals surface area contributed by atoms with E-state index in [-0.39, 0.29) is 0 Å². The van der Waals surface area contributed by atoms with Crippen LogP contribution in [0.1, 0.15) is 11.4 Å². The first kappa shape index (κ1) is 11.7. The van der Waals surface area contributed by atoms with Gasteiger partial charge >= 0.3 is 0 Å². The largest absolute Gasteiger partial charge is 0.312 e. The molecule has 0 aliphatic rings. The molecule has 0 unspecified atom stereocenters. The van der Waals surface area contributed by atoms with Gasteiger partial charge in [-0.25, -0.2) is 0 Å². The molecular weight excluding hydrogens is 232 g/mol. The van der Waals surface area contributed by atoms with E-state index in [1.165, 1.54) is 11.4 Å². The van der Waals surface area contributed by atoms with Crippen molar-refractivity contribution in [2.24, 2.45) is 0 Å². The van der Waals surface area contributed by atoms with E-state index >= 15 is 0 Å². The molecule has 2 heteroatoms. The molecule has 3 aromatic rings. The Bertz CT molecular complexity index is 696. The second kappa shape index (κ2) is 4.73. The molecular formula is C17H16N2. The van der Waals surface area contributed by atoms with E-state index in [0.29, 0.717) is 0 Å². The lowest BCUT2D eigenvalue weighted by Crippen LogP contribution is -2.00. The minimum absolute atomic E-state index is 1.01. The van der Waals surface area contributed by atoms with Crippen LogP contribution in [0.5, 0.6) is 0 Å². The van der Waals surface area contributed by atoms with Gasteiger partial charge in [0, 0.05) is 17.1 Å². The lowest BCUT2D eigenvalue weighted by molar-refractivity contribution is 1.01. The lowest BCUT2D eigenvalue weighted by Gasteiger charge is -2.11. The molecule has 0 fully saturated rings. The molecule has 0 amide bonds. The fraction of sp³-hybridized carbons (Fsp3) is 0.118. The molecule has 3 rings (SSSR count). The van der Waals surface area contributed by atoms with E-state index < -0.39 is 0 Å². The molecule has 19 heavy (non-hydrogen) atoms. The predicted octanol–water partition coefficient (Wildman–Crippen LogP) is 4.16. The van der Waals surface area contributed by atoms with E-state index in [2.05, 4.69) is 65.0 Å². The highest BCUT2D eigenvalue weighted by atomic mass is 15.0. The van der Waals surface area contributed by atoms with E-state index in [1.807, 2.05) is 19.1 Å². The summed E-state index contributed by atoms with van der Waals surface area (Å²) in [5.41, 5.74) is 5.56. The van der Waals surface area contributed by atoms with Crippen LogP contribution in [0.25, 0.3) is 17.1 Å². The molecule has 0 radical (unpaired) electrons. The van der Waals surface area contributed by atoms with E-state index in [1.54, 1.807) is 0 Å². The summed E-state index contributed by atoms with van der Waals surface area (Å²) in [5.74, 6) is 0. The van der Waals surface area contributed by atoms with Crippen molar-refractivity contribution < 1.29 is 0 Å². The highest BCUT2D eigenvalue weighted by molar-refractivity contribution is 5.60. The summed E-state index contributed by atoms with van der Waals surface area (Å²) in [6, 6.07) is 20.8. The molecule has 0 atom stereocenters. The summed E-state index contributed by atoms with van der Waals surface area (Å²) in [6.07, 6.45) is 0. The topological polar surface area (TPSA) is 17.8 Å². The molecule has 0 aliphatic heterocycles. The Kier molecular flexibility index (Phi) is 2.92. The van der Waals surface area contributed by atoms with Gasteiger partial charge < -0.3 is 4.57 Å². The van der Waals surface area contributed by atoms with Crippen LogP contribution >= 0.6 is 0 Å². The molecule has 2 heterocycles. The number of rotatable bonds is 2. The monoisotopic (exact) mass is 248 g/mol. The number of nitrogens with zero attached hydrogens (tertiary/aromatic N) is 2. The van der Waals surface area contributed by atoms with E-state index in [4.69, 9.17) is 0 Å². The summed E-state index contributed by atoms with van der Waals surface area (Å²) >= 11 is 0. The second-order valence-corrected chi connectivity index (χ2v) is 4.70. The molecule has 0 saturated carbocycles. The highest BCUT2D eigenvalue weighted by Crippen LogP contribution is 2.25. The Morgan fingerprint density at radius 3 is 2.32 bits per heavy atom. The zero-order chi connectivity index (χ0) is 13.2. The number of aryl methyl sites for hydroxylation is 2. The average Bonchev–Trinajstić information content (AvgIpc) is 2.82. The molecule has 2 nitrogen and oxygen atoms in total. The van der Waals surface area contributed by atoms with Crippen molar-refractivity contribution in [1.29, 1.82) is 0 Å². The number of hydrogen-bond donors (Lipinski definition) is 0. The van der Waals surface area contributed by atoms with Gasteiger partial charge in [-0.2, -0.15) is 0 Å². The Hall–Kier alpha value is -2.35. The lowest BCUT2D eigenvalue weighted by atomic mass is 10.2. The van der Waals surface area contributed by atoms with Gasteiger partial charge in [-0.3, -0.25) is 4.98 Å². The number of para-hydroxylation sites is 1. The second-order valence-electron chi connectivity index (χ2n) is 4.70. The molecule has 0 aliphatic carbocycles. The van der Waals surface area contributed by atoms with Crippen molar-refractivity contribution in [2.75, 3.05) is 0 Å². The zero-order valence-corrected chi connectivity index (χ0v) is 11.2. The van der Waals surface area contributed by atoms with Crippen molar-refractivity contribution in [3.8, 4) is 17.1 Å². The summed E-state index contributed by atoms with van der Waals surface area (Å²) in [6.45, 7) is 4.14. The molecule has 0 N–H and O–H groups in total. The third kappa shape index (κ3) is 2.17. The first-order valence-corrected chi connectivity index (χ1v) is 6.43. The normalized spacial score (nSPS) is 10.6. The van der Waals surface area contributed by atoms with Crippen molar-refractivity contribution in [3.05, 3.63) is 72.1 Å². The van der Waals surface area contributed by atoms with E-state index in [9.17, 15) is 0 Å². The summed E-state index contributed by atoms with van der Waals surface area (Å²) in [7, 11) is 0. The molecule has 2 aromatic heterocycles. The van der Waals surface area contributed by atoms with E-state index in [0.717, 1.165) is 17.1 Å². The molecule has 1 aromatic carbocycles. The maximum Gasteiger partial charge on any atom is 0.0873 e. The molecule has 0 spiro atoms. The molecule has 0 bridgehead atoms. The first-order valence-electron chi connectivity index (χ1n) is 6.43. The van der Waals surface area contributed by atoms with Crippen LogP contribution in [-0.2, 0) is 0 Å². The quantitative estimate of drug-likeness (QED) is 0.666. The Labute approximate surface area is 113 Å². The van der Waals surface area contributed by atoms with Crippen molar-refractivity contribution in [1.82, 2.24) is 9.55 Å². The maximum atomic E-state index is 4.62. The predicted molar refractivity (Wildman–Crippen MR) is 78.5 cm³/mol. The van der Waals surface area contributed by atoms with Crippen LogP contribution in [-0.4, -0.2) is 9.55 Å². The smallest absolute Gasteiger partial charge is 0.0873 e. The molecule has 94 valence electrons. The number of hydrogen-bond acceptors (Lipinski definition) is 1. The Morgan fingerprint density at radius 1 is 0.789 bits per heavy atom. The maximum absolute atomic E-state index is 4.62. The van der Waals surface area contributed by atoms with Gasteiger partial charge in [-0.05, 0) is 50.2 Å². The Morgan fingerprint density at radius 2 is 1.58 bits per heavy atom. The van der Waals surface area contributed by atoms with Gasteiger partial charge in [-0.15, -0.1) is 0 Å². The zero-order valence-electron chi connectivity index (χ0n) is 11.2. The summed E-state index contributed by atoms with van der Waals surface area (Å²) in [4.78, 5) is 4.62. The SMILES string of the molecule is Cc1cccc(-c2ccc(C)n2-c2ccccc2)n1. The van der Waals surface area contributed by atoms with Gasteiger partial charge in [0.1, 0.15) is 0 Å². The van der Waals surface area contributed by atoms with Crippen LogP contribution < -0.4 is 0 Å². The van der Waals surface area contributed by atoms with Gasteiger partial charge in [-0.1, -0.05) is 24.3 Å². The minimum Gasteiger partial charge on any atom is -0.312 e. The third-order valence-corrected chi connectivity index (χ3v) is 3.24. The van der Waals surface area contributed by atoms with Gasteiger partial charge in [0.15, 0.2) is 0 Å². The molecule has 0 saturated heterocycles. The van der Waals surface area contributed by atoms with Gasteiger partial charge in [0.05, 0.1) is 11.4 Å². The average molecular weight is 248 g/mol. The highest BCUT2D eigenvalue weighted by Gasteiger charge is 2.10. The fourth-order valence-electron chi connectivity index (χ4n) is 2.34. The first-order chi connectivity index (χ1) is 9.25. The van der Waals surface area contributed by atoms with Crippen molar-refractivity contribution >= 4 is 0 Å². The number of pyridine rings is 1. The van der Waals surface area contributed by atoms with Crippen molar-refractivity contribution in [3.63, 3.8) is 0 Å². The van der Waals surface area contributed by atoms with Crippen LogP contribution in [0.4, 0.5) is 0 Å². The summed E-state index contributed by atoms with van der Waals surface area (Å²) < 4.78 is 2.24. The van der Waals surface area contributed by atoms with Gasteiger partial charge in [0.2, 0.25) is 0 Å². The van der Waals surface area contributed by atoms with Gasteiger partial charge in [0.25, 0.3) is 0 Å². The Balaban J connectivity index is 2.19.